The zero-order valence-corrected chi connectivity index (χ0v) is 14.0. The third kappa shape index (κ3) is 3.97. The van der Waals surface area contributed by atoms with Gasteiger partial charge in [-0.3, -0.25) is 9.88 Å². The molecule has 0 radical (unpaired) electrons. The Hall–Kier alpha value is -2.28. The first-order valence-corrected chi connectivity index (χ1v) is 8.07. The number of anilines is 1. The number of piperidine rings is 1. The minimum atomic E-state index is -0.289. The minimum absolute atomic E-state index is 0.289. The maximum atomic E-state index is 13.3. The van der Waals surface area contributed by atoms with Crippen LogP contribution in [0.4, 0.5) is 10.3 Å². The lowest BCUT2D eigenvalue weighted by molar-refractivity contribution is 0.197. The Morgan fingerprint density at radius 1 is 1.42 bits per heavy atom. The van der Waals surface area contributed by atoms with Gasteiger partial charge in [0.05, 0.1) is 13.3 Å². The van der Waals surface area contributed by atoms with Crippen LogP contribution < -0.4 is 9.64 Å². The van der Waals surface area contributed by atoms with Gasteiger partial charge < -0.3 is 9.64 Å². The molecule has 0 N–H and O–H groups in total. The summed E-state index contributed by atoms with van der Waals surface area (Å²) in [4.78, 5) is 17.1. The molecule has 1 saturated heterocycles. The van der Waals surface area contributed by atoms with E-state index < -0.39 is 0 Å². The molecular weight excluding hydrogens is 309 g/mol. The van der Waals surface area contributed by atoms with Crippen molar-refractivity contribution in [2.45, 2.75) is 25.4 Å². The lowest BCUT2D eigenvalue weighted by Gasteiger charge is -2.37. The highest BCUT2D eigenvalue weighted by Crippen LogP contribution is 2.21. The molecular formula is C17H22FN5O. The number of aromatic nitrogens is 3. The molecule has 0 spiro atoms. The Morgan fingerprint density at radius 3 is 3.08 bits per heavy atom. The molecule has 0 bridgehead atoms. The fraction of sp³-hybridized carbons (Fsp3) is 0.471. The fourth-order valence-corrected chi connectivity index (χ4v) is 3.07. The highest BCUT2D eigenvalue weighted by atomic mass is 19.1. The molecule has 1 unspecified atom stereocenters. The second kappa shape index (κ2) is 7.53. The van der Waals surface area contributed by atoms with Crippen LogP contribution in [0.2, 0.25) is 0 Å². The van der Waals surface area contributed by atoms with Crippen LogP contribution in [0, 0.1) is 5.82 Å². The molecule has 0 amide bonds. The number of halogens is 1. The minimum Gasteiger partial charge on any atom is -0.481 e. The van der Waals surface area contributed by atoms with Crippen LogP contribution in [-0.4, -0.2) is 53.1 Å². The number of pyridine rings is 1. The second-order valence-electron chi connectivity index (χ2n) is 6.05. The number of likely N-dealkylation sites (tertiary alicyclic amines) is 1. The summed E-state index contributed by atoms with van der Waals surface area (Å²) in [7, 11) is 3.61. The van der Waals surface area contributed by atoms with Gasteiger partial charge in [-0.2, -0.15) is 4.98 Å². The number of nitrogens with zero attached hydrogens (tertiary/aromatic N) is 5. The van der Waals surface area contributed by atoms with Gasteiger partial charge in [-0.1, -0.05) is 0 Å². The van der Waals surface area contributed by atoms with E-state index in [0.717, 1.165) is 31.5 Å². The molecule has 2 aromatic rings. The number of ether oxygens (including phenoxy) is 1. The Labute approximate surface area is 141 Å². The van der Waals surface area contributed by atoms with E-state index >= 15 is 0 Å². The Bertz CT molecular complexity index is 684. The van der Waals surface area contributed by atoms with Crippen LogP contribution >= 0.6 is 0 Å². The Balaban J connectivity index is 1.66. The van der Waals surface area contributed by atoms with Crippen molar-refractivity contribution in [3.05, 3.63) is 42.1 Å². The van der Waals surface area contributed by atoms with E-state index in [-0.39, 0.29) is 5.82 Å². The Kier molecular flexibility index (Phi) is 5.20. The quantitative estimate of drug-likeness (QED) is 0.836. The van der Waals surface area contributed by atoms with Gasteiger partial charge in [0, 0.05) is 44.6 Å². The summed E-state index contributed by atoms with van der Waals surface area (Å²) in [5.41, 5.74) is 0.899. The predicted molar refractivity (Wildman–Crippen MR) is 89.5 cm³/mol. The summed E-state index contributed by atoms with van der Waals surface area (Å²) in [6.45, 7) is 2.58. The first-order chi connectivity index (χ1) is 11.7. The molecule has 3 rings (SSSR count). The largest absolute Gasteiger partial charge is 0.481 e. The third-order valence-corrected chi connectivity index (χ3v) is 4.34. The van der Waals surface area contributed by atoms with E-state index in [9.17, 15) is 4.39 Å². The molecule has 6 nitrogen and oxygen atoms in total. The molecule has 1 aliphatic heterocycles. The predicted octanol–water partition coefficient (Wildman–Crippen LogP) is 2.12. The van der Waals surface area contributed by atoms with Crippen LogP contribution in [0.1, 0.15) is 18.4 Å². The van der Waals surface area contributed by atoms with Crippen molar-refractivity contribution in [3.63, 3.8) is 0 Å². The van der Waals surface area contributed by atoms with Crippen LogP contribution in [0.25, 0.3) is 0 Å². The molecule has 0 saturated carbocycles. The van der Waals surface area contributed by atoms with Crippen molar-refractivity contribution >= 4 is 5.95 Å². The van der Waals surface area contributed by atoms with Crippen molar-refractivity contribution in [1.29, 1.82) is 0 Å². The van der Waals surface area contributed by atoms with Gasteiger partial charge in [-0.15, -0.1) is 0 Å². The monoisotopic (exact) mass is 331 g/mol. The molecule has 24 heavy (non-hydrogen) atoms. The molecule has 0 aliphatic carbocycles. The van der Waals surface area contributed by atoms with Crippen molar-refractivity contribution in [2.24, 2.45) is 0 Å². The summed E-state index contributed by atoms with van der Waals surface area (Å²) in [6, 6.07) is 3.60. The standard InChI is InChI=1S/C17H22FN5O/c1-22(17-20-6-5-16(21-17)24-2)15-4-3-7-23(12-15)11-13-8-14(18)10-19-9-13/h5-6,8-10,15H,3-4,7,11-12H2,1-2H3. The van der Waals surface area contributed by atoms with Crippen LogP contribution in [0.3, 0.4) is 0 Å². The highest BCUT2D eigenvalue weighted by molar-refractivity contribution is 5.32. The summed E-state index contributed by atoms with van der Waals surface area (Å²) in [5, 5.41) is 0. The Morgan fingerprint density at radius 2 is 2.29 bits per heavy atom. The molecule has 3 heterocycles. The van der Waals surface area contributed by atoms with Crippen LogP contribution in [0.5, 0.6) is 5.88 Å². The molecule has 2 aromatic heterocycles. The summed E-state index contributed by atoms with van der Waals surface area (Å²) in [6.07, 6.45) is 6.82. The zero-order chi connectivity index (χ0) is 16.9. The first-order valence-electron chi connectivity index (χ1n) is 8.07. The maximum Gasteiger partial charge on any atom is 0.228 e. The number of rotatable bonds is 5. The molecule has 128 valence electrons. The SMILES string of the molecule is COc1ccnc(N(C)C2CCCN(Cc3cncc(F)c3)C2)n1. The van der Waals surface area contributed by atoms with E-state index in [4.69, 9.17) is 4.74 Å². The number of hydrogen-bond acceptors (Lipinski definition) is 6. The lowest BCUT2D eigenvalue weighted by Crippen LogP contribution is -2.46. The van der Waals surface area contributed by atoms with E-state index in [1.807, 2.05) is 7.05 Å². The van der Waals surface area contributed by atoms with E-state index in [0.29, 0.717) is 24.4 Å². The molecule has 0 aromatic carbocycles. The topological polar surface area (TPSA) is 54.4 Å². The second-order valence-corrected chi connectivity index (χ2v) is 6.05. The van der Waals surface area contributed by atoms with Crippen LogP contribution in [0.15, 0.2) is 30.7 Å². The first kappa shape index (κ1) is 16.6. The van der Waals surface area contributed by atoms with Gasteiger partial charge in [0.2, 0.25) is 11.8 Å². The zero-order valence-electron chi connectivity index (χ0n) is 14.0. The third-order valence-electron chi connectivity index (χ3n) is 4.34. The average Bonchev–Trinajstić information content (AvgIpc) is 2.61. The van der Waals surface area contributed by atoms with Crippen molar-refractivity contribution < 1.29 is 9.13 Å². The van der Waals surface area contributed by atoms with Gasteiger partial charge in [0.15, 0.2) is 0 Å². The van der Waals surface area contributed by atoms with Crippen LogP contribution in [-0.2, 0) is 6.54 Å². The normalized spacial score (nSPS) is 18.4. The van der Waals surface area contributed by atoms with Crippen molar-refractivity contribution in [2.75, 3.05) is 32.1 Å². The average molecular weight is 331 g/mol. The maximum absolute atomic E-state index is 13.3. The molecule has 1 fully saturated rings. The van der Waals surface area contributed by atoms with Gasteiger partial charge >= 0.3 is 0 Å². The van der Waals surface area contributed by atoms with E-state index in [1.165, 1.54) is 6.20 Å². The summed E-state index contributed by atoms with van der Waals surface area (Å²) < 4.78 is 18.5. The fourth-order valence-electron chi connectivity index (χ4n) is 3.07. The smallest absolute Gasteiger partial charge is 0.228 e. The molecule has 1 atom stereocenters. The van der Waals surface area contributed by atoms with Gasteiger partial charge in [0.25, 0.3) is 0 Å². The van der Waals surface area contributed by atoms with Crippen molar-refractivity contribution in [1.82, 2.24) is 19.9 Å². The van der Waals surface area contributed by atoms with E-state index in [1.54, 1.807) is 31.6 Å². The summed E-state index contributed by atoms with van der Waals surface area (Å²) >= 11 is 0. The number of hydrogen-bond donors (Lipinski definition) is 0. The molecule has 1 aliphatic rings. The van der Waals surface area contributed by atoms with E-state index in [2.05, 4.69) is 24.8 Å². The highest BCUT2D eigenvalue weighted by Gasteiger charge is 2.25. The lowest BCUT2D eigenvalue weighted by atomic mass is 10.0. The van der Waals surface area contributed by atoms with Crippen molar-refractivity contribution in [3.8, 4) is 5.88 Å². The number of methoxy groups -OCH3 is 1. The van der Waals surface area contributed by atoms with Gasteiger partial charge in [-0.25, -0.2) is 9.37 Å². The number of likely N-dealkylation sites (N-methyl/N-ethyl adjacent to an activating group) is 1. The summed E-state index contributed by atoms with van der Waals surface area (Å²) in [5.74, 6) is 0.932. The van der Waals surface area contributed by atoms with Gasteiger partial charge in [-0.05, 0) is 31.0 Å². The molecule has 7 heteroatoms. The van der Waals surface area contributed by atoms with Gasteiger partial charge in [0.1, 0.15) is 5.82 Å².